The lowest BCUT2D eigenvalue weighted by Gasteiger charge is -2.03. The average molecular weight is 374 g/mol. The fraction of sp³-hybridized carbons (Fsp3) is 0.167. The summed E-state index contributed by atoms with van der Waals surface area (Å²) in [4.78, 5) is 28.7. The van der Waals surface area contributed by atoms with E-state index in [9.17, 15) is 9.59 Å². The van der Waals surface area contributed by atoms with Crippen LogP contribution in [0.4, 0.5) is 0 Å². The van der Waals surface area contributed by atoms with Crippen LogP contribution in [0.25, 0.3) is 6.08 Å². The predicted octanol–water partition coefficient (Wildman–Crippen LogP) is 3.53. The molecule has 0 saturated carbocycles. The molecule has 0 aromatic heterocycles. The number of methoxy groups -OCH3 is 1. The Morgan fingerprint density at radius 3 is 2.87 bits per heavy atom. The lowest BCUT2D eigenvalue weighted by molar-refractivity contribution is -0.116. The minimum atomic E-state index is -0.355. The van der Waals surface area contributed by atoms with Crippen molar-refractivity contribution in [3.8, 4) is 5.75 Å². The number of carbonyl (C=O) groups excluding carboxylic acids is 2. The van der Waals surface area contributed by atoms with Crippen LogP contribution in [0.3, 0.4) is 0 Å². The number of carbonyl (C=O) groups is 2. The van der Waals surface area contributed by atoms with Gasteiger partial charge in [0.1, 0.15) is 5.75 Å². The summed E-state index contributed by atoms with van der Waals surface area (Å²) in [7, 11) is 3.13. The van der Waals surface area contributed by atoms with Crippen LogP contribution in [0.2, 0.25) is 0 Å². The Labute approximate surface area is 143 Å². The molecule has 0 aliphatic heterocycles. The van der Waals surface area contributed by atoms with E-state index < -0.39 is 0 Å². The summed E-state index contributed by atoms with van der Waals surface area (Å²) < 4.78 is 5.84. The van der Waals surface area contributed by atoms with Gasteiger partial charge in [0.2, 0.25) is 5.78 Å². The van der Waals surface area contributed by atoms with Gasteiger partial charge >= 0.3 is 0 Å². The van der Waals surface area contributed by atoms with Gasteiger partial charge in [0.25, 0.3) is 0 Å². The fourth-order valence-corrected chi connectivity index (χ4v) is 2.48. The second-order valence-electron chi connectivity index (χ2n) is 4.82. The van der Waals surface area contributed by atoms with E-state index >= 15 is 0 Å². The molecule has 0 heterocycles. The number of halogens is 1. The molecule has 1 aliphatic carbocycles. The van der Waals surface area contributed by atoms with Crippen LogP contribution in [0.5, 0.6) is 5.75 Å². The van der Waals surface area contributed by atoms with Crippen molar-refractivity contribution in [2.75, 3.05) is 14.2 Å². The summed E-state index contributed by atoms with van der Waals surface area (Å²) in [5, 5.41) is 0. The van der Waals surface area contributed by atoms with Crippen LogP contribution in [-0.2, 0) is 9.59 Å². The van der Waals surface area contributed by atoms with Crippen molar-refractivity contribution in [1.29, 1.82) is 0 Å². The monoisotopic (exact) mass is 373 g/mol. The van der Waals surface area contributed by atoms with Crippen LogP contribution in [-0.4, -0.2) is 31.4 Å². The van der Waals surface area contributed by atoms with Gasteiger partial charge in [0.05, 0.1) is 18.4 Å². The van der Waals surface area contributed by atoms with E-state index in [0.29, 0.717) is 22.4 Å². The van der Waals surface area contributed by atoms with Crippen LogP contribution < -0.4 is 4.74 Å². The Bertz CT molecular complexity index is 757. The van der Waals surface area contributed by atoms with E-state index in [2.05, 4.69) is 20.9 Å². The second kappa shape index (κ2) is 7.83. The number of benzene rings is 1. The number of Topliss-reactive ketones (excluding diaryl/α,β-unsaturated/α-hetero) is 1. The van der Waals surface area contributed by atoms with Crippen molar-refractivity contribution in [1.82, 2.24) is 0 Å². The van der Waals surface area contributed by atoms with Gasteiger partial charge in [-0.1, -0.05) is 40.2 Å². The molecule has 0 saturated heterocycles. The number of ketones is 2. The molecule has 5 heteroatoms. The van der Waals surface area contributed by atoms with Crippen LogP contribution in [0.15, 0.2) is 57.5 Å². The summed E-state index contributed by atoms with van der Waals surface area (Å²) in [5.41, 5.74) is 1.29. The van der Waals surface area contributed by atoms with Crippen molar-refractivity contribution < 1.29 is 14.3 Å². The number of rotatable bonds is 4. The highest BCUT2D eigenvalue weighted by Crippen LogP contribution is 2.19. The van der Waals surface area contributed by atoms with Gasteiger partial charge in [-0.3, -0.25) is 14.6 Å². The Kier molecular flexibility index (Phi) is 5.82. The topological polar surface area (TPSA) is 55.7 Å². The van der Waals surface area contributed by atoms with E-state index in [-0.39, 0.29) is 17.1 Å². The summed E-state index contributed by atoms with van der Waals surface area (Å²) in [6.45, 7) is 0. The first-order valence-corrected chi connectivity index (χ1v) is 7.78. The zero-order valence-corrected chi connectivity index (χ0v) is 14.5. The summed E-state index contributed by atoms with van der Waals surface area (Å²) in [6, 6.07) is 7.31. The minimum Gasteiger partial charge on any atom is -0.497 e. The Balaban J connectivity index is 2.26. The molecule has 1 aromatic rings. The molecule has 0 fully saturated rings. The second-order valence-corrected chi connectivity index (χ2v) is 5.74. The van der Waals surface area contributed by atoms with Gasteiger partial charge in [-0.25, -0.2) is 0 Å². The largest absolute Gasteiger partial charge is 0.497 e. The molecule has 1 aliphatic rings. The highest BCUT2D eigenvalue weighted by atomic mass is 79.9. The first-order chi connectivity index (χ1) is 11.0. The molecule has 0 N–H and O–H groups in total. The number of hydrogen-bond donors (Lipinski definition) is 0. The van der Waals surface area contributed by atoms with Gasteiger partial charge < -0.3 is 4.74 Å². The molecule has 118 valence electrons. The van der Waals surface area contributed by atoms with Crippen LogP contribution in [0, 0.1) is 0 Å². The fourth-order valence-electron chi connectivity index (χ4n) is 2.09. The lowest BCUT2D eigenvalue weighted by Crippen LogP contribution is -2.19. The average Bonchev–Trinajstić information content (AvgIpc) is 2.71. The summed E-state index contributed by atoms with van der Waals surface area (Å²) >= 11 is 3.33. The third-order valence-corrected chi connectivity index (χ3v) is 3.89. The zero-order chi connectivity index (χ0) is 16.8. The van der Waals surface area contributed by atoms with E-state index in [1.807, 2.05) is 30.3 Å². The van der Waals surface area contributed by atoms with Crippen LogP contribution >= 0.6 is 15.9 Å². The van der Waals surface area contributed by atoms with Crippen molar-refractivity contribution >= 4 is 39.3 Å². The highest BCUT2D eigenvalue weighted by Gasteiger charge is 2.22. The van der Waals surface area contributed by atoms with Gasteiger partial charge in [0, 0.05) is 18.0 Å². The molecule has 2 rings (SSSR count). The van der Waals surface area contributed by atoms with Gasteiger partial charge in [-0.2, -0.15) is 0 Å². The van der Waals surface area contributed by atoms with Crippen LogP contribution in [0.1, 0.15) is 12.0 Å². The third-order valence-electron chi connectivity index (χ3n) is 3.34. The molecule has 23 heavy (non-hydrogen) atoms. The Hall–Kier alpha value is -2.27. The maximum Gasteiger partial charge on any atom is 0.211 e. The Morgan fingerprint density at radius 2 is 2.17 bits per heavy atom. The molecule has 1 aromatic carbocycles. The highest BCUT2D eigenvalue weighted by molar-refractivity contribution is 9.11. The van der Waals surface area contributed by atoms with Crippen molar-refractivity contribution in [2.24, 2.45) is 4.99 Å². The molecular formula is C18H16BrNO3. The maximum atomic E-state index is 12.4. The van der Waals surface area contributed by atoms with E-state index in [1.165, 1.54) is 6.08 Å². The lowest BCUT2D eigenvalue weighted by atomic mass is 10.0. The first kappa shape index (κ1) is 17.1. The number of ether oxygens (including phenoxy) is 1. The molecule has 0 bridgehead atoms. The standard InChI is InChI=1S/C18H16BrNO3/c1-20-16-8-7-13(19)11-15(18(16)22)17(21)9-6-12-4-3-5-14(10-12)23-2/h3-7,9-11H,8H2,1-2H3/b9-6+,20-16?. The predicted molar refractivity (Wildman–Crippen MR) is 95.1 cm³/mol. The van der Waals surface area contributed by atoms with Crippen molar-refractivity contribution in [2.45, 2.75) is 6.42 Å². The molecule has 4 nitrogen and oxygen atoms in total. The number of aliphatic imine (C=N–C) groups is 1. The van der Waals surface area contributed by atoms with Gasteiger partial charge in [-0.05, 0) is 29.8 Å². The normalized spacial score (nSPS) is 17.0. The van der Waals surface area contributed by atoms with Crippen molar-refractivity contribution in [3.05, 3.63) is 58.1 Å². The smallest absolute Gasteiger partial charge is 0.211 e. The van der Waals surface area contributed by atoms with Crippen molar-refractivity contribution in [3.63, 3.8) is 0 Å². The first-order valence-electron chi connectivity index (χ1n) is 6.99. The van der Waals surface area contributed by atoms with E-state index in [0.717, 1.165) is 5.56 Å². The SMILES string of the molecule is CN=C1CC=C(Br)C=C(C(=O)/C=C/c2cccc(OC)c2)C1=O. The molecular weight excluding hydrogens is 358 g/mol. The molecule has 0 spiro atoms. The van der Waals surface area contributed by atoms with E-state index in [4.69, 9.17) is 4.74 Å². The molecule has 0 radical (unpaired) electrons. The number of allylic oxidation sites excluding steroid dienone is 5. The van der Waals surface area contributed by atoms with E-state index in [1.54, 1.807) is 26.3 Å². The summed E-state index contributed by atoms with van der Waals surface area (Å²) in [6.07, 6.45) is 6.80. The minimum absolute atomic E-state index is 0.102. The quantitative estimate of drug-likeness (QED) is 0.599. The van der Waals surface area contributed by atoms with Gasteiger partial charge in [-0.15, -0.1) is 0 Å². The number of hydrogen-bond acceptors (Lipinski definition) is 4. The molecule has 0 amide bonds. The van der Waals surface area contributed by atoms with Gasteiger partial charge in [0.15, 0.2) is 5.78 Å². The zero-order valence-electron chi connectivity index (χ0n) is 12.9. The third kappa shape index (κ3) is 4.36. The Morgan fingerprint density at radius 1 is 1.39 bits per heavy atom. The number of nitrogens with zero attached hydrogens (tertiary/aromatic N) is 1. The maximum absolute atomic E-state index is 12.4. The summed E-state index contributed by atoms with van der Waals surface area (Å²) in [5.74, 6) is 0.0140. The molecule has 0 unspecified atom stereocenters. The molecule has 0 atom stereocenters.